The van der Waals surface area contributed by atoms with Crippen LogP contribution in [0.4, 0.5) is 0 Å². The van der Waals surface area contributed by atoms with E-state index in [0.29, 0.717) is 12.3 Å². The molecule has 0 N–H and O–H groups in total. The molecule has 1 aromatic carbocycles. The summed E-state index contributed by atoms with van der Waals surface area (Å²) in [6.07, 6.45) is 3.35. The van der Waals surface area contributed by atoms with Crippen molar-refractivity contribution in [3.63, 3.8) is 0 Å². The Morgan fingerprint density at radius 3 is 2.83 bits per heavy atom. The van der Waals surface area contributed by atoms with Crippen molar-refractivity contribution in [3.8, 4) is 0 Å². The molecule has 0 spiro atoms. The number of aromatic nitrogens is 1. The molecule has 23 heavy (non-hydrogen) atoms. The fraction of sp³-hybridized carbons (Fsp3) is 0.474. The maximum absolute atomic E-state index is 12.6. The van der Waals surface area contributed by atoms with E-state index in [4.69, 9.17) is 4.52 Å². The van der Waals surface area contributed by atoms with Gasteiger partial charge in [0.2, 0.25) is 5.91 Å². The van der Waals surface area contributed by atoms with Crippen molar-refractivity contribution >= 4 is 5.91 Å². The summed E-state index contributed by atoms with van der Waals surface area (Å²) >= 11 is 0. The third kappa shape index (κ3) is 3.63. The standard InChI is InChI=1S/C19H24N2O2/c1-14(2)18-13-16(20-23-18)17-9-6-12-21(17)19(22)11-10-15-7-4-3-5-8-15/h3-5,7-8,13-14,17H,6,9-12H2,1-2H3/t17-/m0/s1. The van der Waals surface area contributed by atoms with Gasteiger partial charge >= 0.3 is 0 Å². The number of likely N-dealkylation sites (tertiary alicyclic amines) is 1. The van der Waals surface area contributed by atoms with E-state index in [1.807, 2.05) is 29.2 Å². The molecule has 1 fully saturated rings. The Kier molecular flexibility index (Phi) is 4.79. The van der Waals surface area contributed by atoms with Gasteiger partial charge in [0.25, 0.3) is 0 Å². The molecule has 1 aromatic heterocycles. The first-order valence-corrected chi connectivity index (χ1v) is 8.45. The summed E-state index contributed by atoms with van der Waals surface area (Å²) in [5, 5.41) is 4.20. The molecule has 0 radical (unpaired) electrons. The number of carbonyl (C=O) groups is 1. The molecule has 1 aliphatic rings. The Bertz CT molecular complexity index is 648. The second-order valence-corrected chi connectivity index (χ2v) is 6.54. The molecule has 0 aliphatic carbocycles. The van der Waals surface area contributed by atoms with Crippen LogP contribution in [-0.2, 0) is 11.2 Å². The van der Waals surface area contributed by atoms with Crippen LogP contribution in [0.1, 0.15) is 62.1 Å². The van der Waals surface area contributed by atoms with Crippen molar-refractivity contribution in [1.82, 2.24) is 10.1 Å². The van der Waals surface area contributed by atoms with Crippen LogP contribution in [0.3, 0.4) is 0 Å². The highest BCUT2D eigenvalue weighted by molar-refractivity contribution is 5.77. The molecule has 1 atom stereocenters. The first-order chi connectivity index (χ1) is 11.1. The minimum absolute atomic E-state index is 0.0783. The zero-order valence-electron chi connectivity index (χ0n) is 13.9. The van der Waals surface area contributed by atoms with Gasteiger partial charge in [-0.25, -0.2) is 0 Å². The molecular formula is C19H24N2O2. The lowest BCUT2D eigenvalue weighted by molar-refractivity contribution is -0.132. The van der Waals surface area contributed by atoms with Crippen LogP contribution < -0.4 is 0 Å². The number of carbonyl (C=O) groups excluding carboxylic acids is 1. The molecule has 1 amide bonds. The molecular weight excluding hydrogens is 288 g/mol. The van der Waals surface area contributed by atoms with Gasteiger partial charge in [0.15, 0.2) is 0 Å². The van der Waals surface area contributed by atoms with Gasteiger partial charge in [-0.3, -0.25) is 4.79 Å². The van der Waals surface area contributed by atoms with Gasteiger partial charge in [0.1, 0.15) is 11.5 Å². The third-order valence-corrected chi connectivity index (χ3v) is 4.50. The molecule has 0 unspecified atom stereocenters. The maximum Gasteiger partial charge on any atom is 0.223 e. The molecule has 1 saturated heterocycles. The van der Waals surface area contributed by atoms with Crippen molar-refractivity contribution in [2.24, 2.45) is 0 Å². The van der Waals surface area contributed by atoms with E-state index in [0.717, 1.165) is 37.3 Å². The van der Waals surface area contributed by atoms with Crippen LogP contribution in [0.25, 0.3) is 0 Å². The minimum atomic E-state index is 0.0783. The topological polar surface area (TPSA) is 46.3 Å². The number of amides is 1. The molecule has 122 valence electrons. The summed E-state index contributed by atoms with van der Waals surface area (Å²) < 4.78 is 5.41. The fourth-order valence-electron chi connectivity index (χ4n) is 3.15. The van der Waals surface area contributed by atoms with Crippen molar-refractivity contribution < 1.29 is 9.32 Å². The summed E-state index contributed by atoms with van der Waals surface area (Å²) in [6.45, 7) is 4.99. The maximum atomic E-state index is 12.6. The van der Waals surface area contributed by atoms with E-state index in [1.165, 1.54) is 5.56 Å². The van der Waals surface area contributed by atoms with Crippen LogP contribution in [0, 0.1) is 0 Å². The second kappa shape index (κ2) is 6.99. The summed E-state index contributed by atoms with van der Waals surface area (Å²) in [4.78, 5) is 14.6. The van der Waals surface area contributed by atoms with Gasteiger partial charge in [0.05, 0.1) is 6.04 Å². The Labute approximate surface area is 137 Å². The van der Waals surface area contributed by atoms with E-state index >= 15 is 0 Å². The highest BCUT2D eigenvalue weighted by atomic mass is 16.5. The zero-order chi connectivity index (χ0) is 16.2. The molecule has 2 aromatic rings. The van der Waals surface area contributed by atoms with Crippen molar-refractivity contribution in [1.29, 1.82) is 0 Å². The average Bonchev–Trinajstić information content (AvgIpc) is 3.22. The van der Waals surface area contributed by atoms with Gasteiger partial charge in [-0.15, -0.1) is 0 Å². The SMILES string of the molecule is CC(C)c1cc([C@@H]2CCCN2C(=O)CCc2ccccc2)no1. The average molecular weight is 312 g/mol. The number of hydrogen-bond donors (Lipinski definition) is 0. The highest BCUT2D eigenvalue weighted by Gasteiger charge is 2.32. The Morgan fingerprint density at radius 2 is 2.13 bits per heavy atom. The predicted molar refractivity (Wildman–Crippen MR) is 89.0 cm³/mol. The van der Waals surface area contributed by atoms with Crippen LogP contribution >= 0.6 is 0 Å². The van der Waals surface area contributed by atoms with Crippen molar-refractivity contribution in [2.45, 2.75) is 51.5 Å². The van der Waals surface area contributed by atoms with E-state index in [1.54, 1.807) is 0 Å². The fourth-order valence-corrected chi connectivity index (χ4v) is 3.15. The lowest BCUT2D eigenvalue weighted by atomic mass is 10.1. The number of nitrogens with zero attached hydrogens (tertiary/aromatic N) is 2. The van der Waals surface area contributed by atoms with Crippen molar-refractivity contribution in [2.75, 3.05) is 6.54 Å². The Morgan fingerprint density at radius 1 is 1.35 bits per heavy atom. The quantitative estimate of drug-likeness (QED) is 0.835. The molecule has 0 saturated carbocycles. The molecule has 4 heteroatoms. The van der Waals surface area contributed by atoms with E-state index in [2.05, 4.69) is 31.1 Å². The van der Waals surface area contributed by atoms with Gasteiger partial charge in [0, 0.05) is 24.9 Å². The number of benzene rings is 1. The lowest BCUT2D eigenvalue weighted by Crippen LogP contribution is -2.30. The summed E-state index contributed by atoms with van der Waals surface area (Å²) in [7, 11) is 0. The first kappa shape index (κ1) is 15.8. The van der Waals surface area contributed by atoms with Gasteiger partial charge < -0.3 is 9.42 Å². The Hall–Kier alpha value is -2.10. The number of aryl methyl sites for hydroxylation is 1. The van der Waals surface area contributed by atoms with Gasteiger partial charge in [-0.1, -0.05) is 49.3 Å². The van der Waals surface area contributed by atoms with Crippen LogP contribution in [0.5, 0.6) is 0 Å². The largest absolute Gasteiger partial charge is 0.361 e. The summed E-state index contributed by atoms with van der Waals surface area (Å²) in [5.74, 6) is 1.42. The van der Waals surface area contributed by atoms with Crippen molar-refractivity contribution in [3.05, 3.63) is 53.4 Å². The predicted octanol–water partition coefficient (Wildman–Crippen LogP) is 4.09. The highest BCUT2D eigenvalue weighted by Crippen LogP contribution is 2.33. The minimum Gasteiger partial charge on any atom is -0.361 e. The van der Waals surface area contributed by atoms with E-state index in [-0.39, 0.29) is 11.9 Å². The smallest absolute Gasteiger partial charge is 0.223 e. The summed E-state index contributed by atoms with van der Waals surface area (Å²) in [6, 6.07) is 12.3. The third-order valence-electron chi connectivity index (χ3n) is 4.50. The normalized spacial score (nSPS) is 17.9. The van der Waals surface area contributed by atoms with Crippen LogP contribution in [0.2, 0.25) is 0 Å². The number of hydrogen-bond acceptors (Lipinski definition) is 3. The Balaban J connectivity index is 1.64. The van der Waals surface area contributed by atoms with E-state index < -0.39 is 0 Å². The molecule has 1 aliphatic heterocycles. The van der Waals surface area contributed by atoms with Gasteiger partial charge in [-0.2, -0.15) is 0 Å². The summed E-state index contributed by atoms with van der Waals surface area (Å²) in [5.41, 5.74) is 2.11. The van der Waals surface area contributed by atoms with E-state index in [9.17, 15) is 4.79 Å². The molecule has 3 rings (SSSR count). The lowest BCUT2D eigenvalue weighted by Gasteiger charge is -2.23. The van der Waals surface area contributed by atoms with Gasteiger partial charge in [-0.05, 0) is 24.8 Å². The number of rotatable bonds is 5. The molecule has 0 bridgehead atoms. The molecule has 4 nitrogen and oxygen atoms in total. The second-order valence-electron chi connectivity index (χ2n) is 6.54. The zero-order valence-corrected chi connectivity index (χ0v) is 13.9. The monoisotopic (exact) mass is 312 g/mol. The van der Waals surface area contributed by atoms with Crippen LogP contribution in [-0.4, -0.2) is 22.5 Å². The van der Waals surface area contributed by atoms with Crippen LogP contribution in [0.15, 0.2) is 40.9 Å². The first-order valence-electron chi connectivity index (χ1n) is 8.45. The molecule has 2 heterocycles.